The van der Waals surface area contributed by atoms with Gasteiger partial charge in [0, 0.05) is 30.2 Å². The van der Waals surface area contributed by atoms with Crippen LogP contribution in [0.3, 0.4) is 0 Å². The van der Waals surface area contributed by atoms with Crippen LogP contribution in [0.4, 0.5) is 0 Å². The third kappa shape index (κ3) is 3.59. The Labute approximate surface area is 166 Å². The van der Waals surface area contributed by atoms with Gasteiger partial charge in [0.2, 0.25) is 0 Å². The number of aromatic nitrogens is 3. The van der Waals surface area contributed by atoms with Gasteiger partial charge in [-0.25, -0.2) is 4.68 Å². The van der Waals surface area contributed by atoms with E-state index >= 15 is 0 Å². The molecule has 2 unspecified atom stereocenters. The highest BCUT2D eigenvalue weighted by Gasteiger charge is 2.41. The Morgan fingerprint density at radius 3 is 2.44 bits per heavy atom. The van der Waals surface area contributed by atoms with Crippen LogP contribution in [0.5, 0.6) is 5.75 Å². The molecule has 4 rings (SSSR count). The van der Waals surface area contributed by atoms with E-state index in [9.17, 15) is 0 Å². The number of nitrogens with zero attached hydrogens (tertiary/aromatic N) is 4. The number of halogens is 1. The maximum absolute atomic E-state index is 6.54. The van der Waals surface area contributed by atoms with Gasteiger partial charge in [-0.3, -0.25) is 4.90 Å². The first-order chi connectivity index (χ1) is 12.9. The number of methoxy groups -OCH3 is 1. The van der Waals surface area contributed by atoms with Crippen LogP contribution in [-0.4, -0.2) is 39.1 Å². The number of ether oxygens (including phenoxy) is 1. The number of piperidine rings is 1. The molecule has 6 heteroatoms. The van der Waals surface area contributed by atoms with Crippen molar-refractivity contribution in [3.63, 3.8) is 0 Å². The summed E-state index contributed by atoms with van der Waals surface area (Å²) in [4.78, 5) is 2.64. The largest absolute Gasteiger partial charge is 0.495 e. The summed E-state index contributed by atoms with van der Waals surface area (Å²) in [7, 11) is 1.67. The fourth-order valence-corrected chi connectivity index (χ4v) is 4.81. The van der Waals surface area contributed by atoms with Gasteiger partial charge in [-0.15, -0.1) is 5.10 Å². The average Bonchev–Trinajstić information content (AvgIpc) is 3.20. The summed E-state index contributed by atoms with van der Waals surface area (Å²) in [5, 5.41) is 9.62. The lowest BCUT2D eigenvalue weighted by atomic mass is 9.93. The van der Waals surface area contributed by atoms with Crippen molar-refractivity contribution in [3.8, 4) is 5.75 Å². The van der Waals surface area contributed by atoms with E-state index in [0.29, 0.717) is 18.1 Å². The highest BCUT2D eigenvalue weighted by molar-refractivity contribution is 6.32. The summed E-state index contributed by atoms with van der Waals surface area (Å²) < 4.78 is 7.49. The van der Waals surface area contributed by atoms with Crippen LogP contribution in [-0.2, 0) is 12.0 Å². The lowest BCUT2D eigenvalue weighted by molar-refractivity contribution is 0.0944. The molecule has 3 heterocycles. The van der Waals surface area contributed by atoms with Gasteiger partial charge < -0.3 is 4.74 Å². The summed E-state index contributed by atoms with van der Waals surface area (Å²) in [6.07, 6.45) is 6.92. The molecule has 2 atom stereocenters. The first-order valence-electron chi connectivity index (χ1n) is 9.86. The number of hydrogen-bond acceptors (Lipinski definition) is 4. The summed E-state index contributed by atoms with van der Waals surface area (Å²) >= 11 is 6.54. The van der Waals surface area contributed by atoms with E-state index < -0.39 is 0 Å². The van der Waals surface area contributed by atoms with E-state index in [1.807, 2.05) is 12.1 Å². The second-order valence-corrected chi connectivity index (χ2v) is 9.33. The topological polar surface area (TPSA) is 43.2 Å². The molecular weight excluding hydrogens is 360 g/mol. The quantitative estimate of drug-likeness (QED) is 0.767. The Morgan fingerprint density at radius 2 is 1.85 bits per heavy atom. The minimum absolute atomic E-state index is 0.0427. The smallest absolute Gasteiger partial charge is 0.137 e. The van der Waals surface area contributed by atoms with Crippen LogP contribution in [0, 0.1) is 0 Å². The van der Waals surface area contributed by atoms with Gasteiger partial charge in [0.05, 0.1) is 23.9 Å². The second kappa shape index (κ2) is 7.10. The van der Waals surface area contributed by atoms with Crippen LogP contribution in [0.2, 0.25) is 5.02 Å². The number of fused-ring (bicyclic) bond motifs is 2. The van der Waals surface area contributed by atoms with Gasteiger partial charge in [-0.2, -0.15) is 0 Å². The molecule has 2 saturated heterocycles. The van der Waals surface area contributed by atoms with Gasteiger partial charge in [-0.05, 0) is 37.3 Å². The van der Waals surface area contributed by atoms with E-state index in [1.54, 1.807) is 7.11 Å². The highest BCUT2D eigenvalue weighted by atomic mass is 35.5. The zero-order valence-electron chi connectivity index (χ0n) is 16.7. The summed E-state index contributed by atoms with van der Waals surface area (Å²) in [6, 6.07) is 7.67. The minimum Gasteiger partial charge on any atom is -0.495 e. The number of benzene rings is 1. The van der Waals surface area contributed by atoms with E-state index in [4.69, 9.17) is 16.3 Å². The molecule has 2 aliphatic heterocycles. The van der Waals surface area contributed by atoms with Gasteiger partial charge in [0.1, 0.15) is 5.75 Å². The van der Waals surface area contributed by atoms with Crippen molar-refractivity contribution in [2.24, 2.45) is 0 Å². The van der Waals surface area contributed by atoms with E-state index in [-0.39, 0.29) is 5.41 Å². The molecule has 1 aromatic carbocycles. The fraction of sp³-hybridized carbons (Fsp3) is 0.619. The van der Waals surface area contributed by atoms with Crippen molar-refractivity contribution in [2.45, 2.75) is 76.5 Å². The normalized spacial score (nSPS) is 25.7. The summed E-state index contributed by atoms with van der Waals surface area (Å²) in [5.74, 6) is 0.758. The van der Waals surface area contributed by atoms with Gasteiger partial charge in [0.25, 0.3) is 0 Å². The Kier molecular flexibility index (Phi) is 4.93. The van der Waals surface area contributed by atoms with Gasteiger partial charge in [0.15, 0.2) is 0 Å². The van der Waals surface area contributed by atoms with Crippen molar-refractivity contribution in [3.05, 3.63) is 40.7 Å². The molecular formula is C21H29ClN4O. The SMILES string of the molecule is COc1cccc(CN2C3CCC2CC(n2cc(C(C)(C)C)nn2)C3)c1Cl. The van der Waals surface area contributed by atoms with E-state index in [0.717, 1.165) is 41.4 Å². The molecule has 0 aliphatic carbocycles. The van der Waals surface area contributed by atoms with Crippen molar-refractivity contribution in [2.75, 3.05) is 7.11 Å². The van der Waals surface area contributed by atoms with Gasteiger partial charge >= 0.3 is 0 Å². The molecule has 0 radical (unpaired) electrons. The predicted octanol–water partition coefficient (Wildman–Crippen LogP) is 4.61. The molecule has 0 N–H and O–H groups in total. The molecule has 0 saturated carbocycles. The third-order valence-electron chi connectivity index (χ3n) is 6.13. The first kappa shape index (κ1) is 18.8. The van der Waals surface area contributed by atoms with Crippen LogP contribution in [0.15, 0.2) is 24.4 Å². The molecule has 1 aromatic heterocycles. The third-order valence-corrected chi connectivity index (χ3v) is 6.56. The molecule has 2 aromatic rings. The van der Waals surface area contributed by atoms with Crippen LogP contribution in [0.1, 0.15) is 63.8 Å². The van der Waals surface area contributed by atoms with Crippen molar-refractivity contribution in [1.29, 1.82) is 0 Å². The predicted molar refractivity (Wildman–Crippen MR) is 107 cm³/mol. The van der Waals surface area contributed by atoms with Crippen molar-refractivity contribution < 1.29 is 4.74 Å². The summed E-state index contributed by atoms with van der Waals surface area (Å²) in [5.41, 5.74) is 2.27. The lowest BCUT2D eigenvalue weighted by Gasteiger charge is -2.39. The van der Waals surface area contributed by atoms with E-state index in [2.05, 4.69) is 52.9 Å². The maximum Gasteiger partial charge on any atom is 0.137 e. The summed E-state index contributed by atoms with van der Waals surface area (Å²) in [6.45, 7) is 7.45. The molecule has 2 aliphatic rings. The van der Waals surface area contributed by atoms with Crippen molar-refractivity contribution in [1.82, 2.24) is 19.9 Å². The first-order valence-corrected chi connectivity index (χ1v) is 10.2. The molecule has 0 spiro atoms. The molecule has 2 bridgehead atoms. The second-order valence-electron chi connectivity index (χ2n) is 8.95. The molecule has 0 amide bonds. The standard InChI is InChI=1S/C21H29ClN4O/c1-21(2,3)19-13-26(24-23-19)17-10-15-8-9-16(11-17)25(15)12-14-6-5-7-18(27-4)20(14)22/h5-7,13,15-17H,8-12H2,1-4H3. The number of hydrogen-bond donors (Lipinski definition) is 0. The Bertz CT molecular complexity index is 799. The molecule has 146 valence electrons. The van der Waals surface area contributed by atoms with Crippen LogP contribution in [0.25, 0.3) is 0 Å². The van der Waals surface area contributed by atoms with Crippen LogP contribution >= 0.6 is 11.6 Å². The molecule has 27 heavy (non-hydrogen) atoms. The molecule has 5 nitrogen and oxygen atoms in total. The number of rotatable bonds is 4. The average molecular weight is 389 g/mol. The van der Waals surface area contributed by atoms with E-state index in [1.165, 1.54) is 12.8 Å². The Morgan fingerprint density at radius 1 is 1.15 bits per heavy atom. The molecule has 2 fully saturated rings. The highest BCUT2D eigenvalue weighted by Crippen LogP contribution is 2.42. The zero-order valence-corrected chi connectivity index (χ0v) is 17.4. The monoisotopic (exact) mass is 388 g/mol. The fourth-order valence-electron chi connectivity index (χ4n) is 4.55. The van der Waals surface area contributed by atoms with Gasteiger partial charge in [-0.1, -0.05) is 49.7 Å². The lowest BCUT2D eigenvalue weighted by Crippen LogP contribution is -2.43. The Balaban J connectivity index is 1.49. The van der Waals surface area contributed by atoms with Crippen LogP contribution < -0.4 is 4.74 Å². The minimum atomic E-state index is 0.0427. The Hall–Kier alpha value is -1.59. The van der Waals surface area contributed by atoms with Crippen molar-refractivity contribution >= 4 is 11.6 Å². The maximum atomic E-state index is 6.54. The zero-order chi connectivity index (χ0) is 19.2.